The fourth-order valence-electron chi connectivity index (χ4n) is 3.09. The second-order valence-electron chi connectivity index (χ2n) is 6.65. The quantitative estimate of drug-likeness (QED) is 0.890. The average Bonchev–Trinajstić information content (AvgIpc) is 2.87. The van der Waals surface area contributed by atoms with Gasteiger partial charge < -0.3 is 10.3 Å². The maximum Gasteiger partial charge on any atom is 0.345 e. The summed E-state index contributed by atoms with van der Waals surface area (Å²) < 4.78 is 0. The Morgan fingerprint density at radius 2 is 2.25 bits per heavy atom. The smallest absolute Gasteiger partial charge is 0.342 e. The molecule has 7 heteroatoms. The molecule has 0 bridgehead atoms. The van der Waals surface area contributed by atoms with Crippen LogP contribution in [0.1, 0.15) is 64.5 Å². The predicted octanol–water partition coefficient (Wildman–Crippen LogP) is 2.54. The molecule has 0 unspecified atom stereocenters. The Hall–Kier alpha value is -2.02. The van der Waals surface area contributed by atoms with Crippen LogP contribution >= 0.6 is 11.3 Å². The van der Waals surface area contributed by atoms with Gasteiger partial charge in [0, 0.05) is 10.6 Å². The molecule has 3 rings (SSSR count). The van der Waals surface area contributed by atoms with Gasteiger partial charge in [-0.25, -0.2) is 9.78 Å². The summed E-state index contributed by atoms with van der Waals surface area (Å²) in [4.78, 5) is 36.7. The van der Waals surface area contributed by atoms with Crippen molar-refractivity contribution in [3.63, 3.8) is 0 Å². The van der Waals surface area contributed by atoms with E-state index in [1.54, 1.807) is 17.4 Å². The summed E-state index contributed by atoms with van der Waals surface area (Å²) >= 11 is 1.70. The topological polar surface area (TPSA) is 87.7 Å². The molecule has 2 aromatic rings. The van der Waals surface area contributed by atoms with Gasteiger partial charge in [-0.1, -0.05) is 13.8 Å². The molecule has 2 N–H and O–H groups in total. The zero-order valence-corrected chi connectivity index (χ0v) is 15.0. The Morgan fingerprint density at radius 3 is 3.00 bits per heavy atom. The lowest BCUT2D eigenvalue weighted by Gasteiger charge is -2.22. The van der Waals surface area contributed by atoms with Crippen LogP contribution < -0.4 is 11.0 Å². The Morgan fingerprint density at radius 1 is 1.46 bits per heavy atom. The van der Waals surface area contributed by atoms with Crippen molar-refractivity contribution in [1.82, 2.24) is 20.3 Å². The van der Waals surface area contributed by atoms with Crippen molar-refractivity contribution in [3.8, 4) is 0 Å². The molecular formula is C17H22N4O2S. The SMILES string of the molecule is Cc1nc2c(s1)CCC[C@@H]2NC(=O)c1cc(CC(C)C)[nH]c(=O)n1. The number of H-pyrrole nitrogens is 1. The van der Waals surface area contributed by atoms with E-state index in [0.717, 1.165) is 35.7 Å². The maximum absolute atomic E-state index is 12.6. The van der Waals surface area contributed by atoms with Crippen molar-refractivity contribution >= 4 is 17.2 Å². The van der Waals surface area contributed by atoms with Crippen molar-refractivity contribution in [3.05, 3.63) is 43.5 Å². The third-order valence-corrected chi connectivity index (χ3v) is 5.07. The lowest BCUT2D eigenvalue weighted by molar-refractivity contribution is 0.0926. The average molecular weight is 346 g/mol. The number of nitrogens with one attached hydrogen (secondary N) is 2. The van der Waals surface area contributed by atoms with E-state index in [2.05, 4.69) is 34.1 Å². The predicted molar refractivity (Wildman–Crippen MR) is 93.4 cm³/mol. The molecule has 128 valence electrons. The van der Waals surface area contributed by atoms with E-state index in [4.69, 9.17) is 0 Å². The number of thiazole rings is 1. The summed E-state index contributed by atoms with van der Waals surface area (Å²) in [7, 11) is 0. The molecule has 2 heterocycles. The number of aromatic nitrogens is 3. The Kier molecular flexibility index (Phi) is 4.80. The van der Waals surface area contributed by atoms with Crippen molar-refractivity contribution in [2.45, 2.75) is 52.5 Å². The summed E-state index contributed by atoms with van der Waals surface area (Å²) in [5, 5.41) is 4.03. The number of aryl methyl sites for hydroxylation is 2. The molecule has 2 aromatic heterocycles. The zero-order valence-electron chi connectivity index (χ0n) is 14.2. The van der Waals surface area contributed by atoms with Gasteiger partial charge in [-0.3, -0.25) is 4.79 Å². The first-order valence-electron chi connectivity index (χ1n) is 8.29. The highest BCUT2D eigenvalue weighted by Gasteiger charge is 2.26. The fraction of sp³-hybridized carbons (Fsp3) is 0.529. The first-order chi connectivity index (χ1) is 11.4. The third-order valence-electron chi connectivity index (χ3n) is 4.03. The van der Waals surface area contributed by atoms with Crippen molar-refractivity contribution < 1.29 is 4.79 Å². The second-order valence-corrected chi connectivity index (χ2v) is 7.94. The molecule has 6 nitrogen and oxygen atoms in total. The Bertz CT molecular complexity index is 809. The molecule has 0 saturated heterocycles. The molecular weight excluding hydrogens is 324 g/mol. The van der Waals surface area contributed by atoms with E-state index in [1.807, 2.05) is 6.92 Å². The van der Waals surface area contributed by atoms with E-state index >= 15 is 0 Å². The van der Waals surface area contributed by atoms with Crippen molar-refractivity contribution in [1.29, 1.82) is 0 Å². The van der Waals surface area contributed by atoms with Gasteiger partial charge in [0.05, 0.1) is 16.7 Å². The van der Waals surface area contributed by atoms with E-state index in [0.29, 0.717) is 12.3 Å². The lowest BCUT2D eigenvalue weighted by atomic mass is 9.97. The standard InChI is InChI=1S/C17H22N4O2S/c1-9(2)7-11-8-13(21-17(23)19-11)16(22)20-12-5-4-6-14-15(12)18-10(3)24-14/h8-9,12H,4-7H2,1-3H3,(H,20,22)(H,19,21,23)/t12-/m0/s1. The summed E-state index contributed by atoms with van der Waals surface area (Å²) in [6.07, 6.45) is 3.62. The van der Waals surface area contributed by atoms with Crippen LogP contribution in [0, 0.1) is 12.8 Å². The molecule has 0 saturated carbocycles. The summed E-state index contributed by atoms with van der Waals surface area (Å²) in [5.41, 5.74) is 1.41. The summed E-state index contributed by atoms with van der Waals surface area (Å²) in [5.74, 6) is 0.0763. The van der Waals surface area contributed by atoms with Gasteiger partial charge in [-0.05, 0) is 44.6 Å². The minimum Gasteiger partial charge on any atom is -0.342 e. The molecule has 0 spiro atoms. The number of nitrogens with zero attached hydrogens (tertiary/aromatic N) is 2. The zero-order chi connectivity index (χ0) is 17.3. The first-order valence-corrected chi connectivity index (χ1v) is 9.11. The lowest BCUT2D eigenvalue weighted by Crippen LogP contribution is -2.33. The normalized spacial score (nSPS) is 16.9. The van der Waals surface area contributed by atoms with Crippen molar-refractivity contribution in [2.75, 3.05) is 0 Å². The summed E-state index contributed by atoms with van der Waals surface area (Å²) in [6, 6.07) is 1.58. The van der Waals surface area contributed by atoms with Crippen LogP contribution in [0.3, 0.4) is 0 Å². The summed E-state index contributed by atoms with van der Waals surface area (Å²) in [6.45, 7) is 6.11. The highest BCUT2D eigenvalue weighted by atomic mass is 32.1. The Labute approximate surface area is 144 Å². The van der Waals surface area contributed by atoms with E-state index < -0.39 is 5.69 Å². The van der Waals surface area contributed by atoms with Gasteiger partial charge in [0.2, 0.25) is 0 Å². The highest BCUT2D eigenvalue weighted by Crippen LogP contribution is 2.33. The molecule has 1 atom stereocenters. The maximum atomic E-state index is 12.6. The van der Waals surface area contributed by atoms with E-state index in [9.17, 15) is 9.59 Å². The molecule has 1 amide bonds. The van der Waals surface area contributed by atoms with Gasteiger partial charge in [0.1, 0.15) is 5.69 Å². The van der Waals surface area contributed by atoms with Gasteiger partial charge in [-0.2, -0.15) is 4.98 Å². The number of amides is 1. The van der Waals surface area contributed by atoms with Crippen LogP contribution in [0.25, 0.3) is 0 Å². The van der Waals surface area contributed by atoms with Crippen LogP contribution in [-0.4, -0.2) is 20.9 Å². The highest BCUT2D eigenvalue weighted by molar-refractivity contribution is 7.11. The van der Waals surface area contributed by atoms with Gasteiger partial charge in [0.15, 0.2) is 0 Å². The molecule has 0 fully saturated rings. The number of hydrogen-bond donors (Lipinski definition) is 2. The van der Waals surface area contributed by atoms with Gasteiger partial charge in [-0.15, -0.1) is 11.3 Å². The largest absolute Gasteiger partial charge is 0.345 e. The van der Waals surface area contributed by atoms with Crippen LogP contribution in [0.4, 0.5) is 0 Å². The number of carbonyl (C=O) groups is 1. The van der Waals surface area contributed by atoms with Gasteiger partial charge in [0.25, 0.3) is 5.91 Å². The molecule has 0 radical (unpaired) electrons. The molecule has 1 aliphatic carbocycles. The van der Waals surface area contributed by atoms with E-state index in [1.165, 1.54) is 4.88 Å². The third kappa shape index (κ3) is 3.72. The minimum atomic E-state index is -0.480. The number of fused-ring (bicyclic) bond motifs is 1. The second kappa shape index (κ2) is 6.84. The molecule has 0 aromatic carbocycles. The molecule has 0 aliphatic heterocycles. The van der Waals surface area contributed by atoms with Crippen molar-refractivity contribution in [2.24, 2.45) is 5.92 Å². The number of rotatable bonds is 4. The van der Waals surface area contributed by atoms with Crippen LogP contribution in [0.15, 0.2) is 10.9 Å². The minimum absolute atomic E-state index is 0.0964. The first kappa shape index (κ1) is 16.8. The fourth-order valence-corrected chi connectivity index (χ4v) is 4.13. The van der Waals surface area contributed by atoms with Crippen LogP contribution in [0.5, 0.6) is 0 Å². The van der Waals surface area contributed by atoms with E-state index in [-0.39, 0.29) is 17.6 Å². The monoisotopic (exact) mass is 346 g/mol. The van der Waals surface area contributed by atoms with Crippen LogP contribution in [0.2, 0.25) is 0 Å². The molecule has 1 aliphatic rings. The molecule has 24 heavy (non-hydrogen) atoms. The number of hydrogen-bond acceptors (Lipinski definition) is 5. The van der Waals surface area contributed by atoms with Gasteiger partial charge >= 0.3 is 5.69 Å². The number of carbonyl (C=O) groups excluding carboxylic acids is 1. The number of aromatic amines is 1. The Balaban J connectivity index is 1.81. The van der Waals surface area contributed by atoms with Crippen LogP contribution in [-0.2, 0) is 12.8 Å².